The van der Waals surface area contributed by atoms with Crippen LogP contribution in [0.4, 0.5) is 4.39 Å². The Hall–Kier alpha value is -1.42. The van der Waals surface area contributed by atoms with E-state index in [4.69, 9.17) is 0 Å². The molecule has 0 aromatic heterocycles. The summed E-state index contributed by atoms with van der Waals surface area (Å²) in [7, 11) is 0. The summed E-state index contributed by atoms with van der Waals surface area (Å²) >= 11 is 0. The van der Waals surface area contributed by atoms with Crippen LogP contribution in [0.25, 0.3) is 0 Å². The topological polar surface area (TPSA) is 23.6 Å². The minimum Gasteiger partial charge on any atom is -0.336 e. The molecule has 1 saturated heterocycles. The molecular formula is C15H21FN2O. The quantitative estimate of drug-likeness (QED) is 0.836. The van der Waals surface area contributed by atoms with Gasteiger partial charge in [0.05, 0.1) is 0 Å². The van der Waals surface area contributed by atoms with Crippen molar-refractivity contribution in [1.29, 1.82) is 0 Å². The molecule has 0 N–H and O–H groups in total. The van der Waals surface area contributed by atoms with Crippen molar-refractivity contribution in [3.8, 4) is 0 Å². The standard InChI is InChI=1S/C15H21FN2O/c1-12(2)11-17-6-8-18(9-7-17)15(19)13-4-3-5-14(16)10-13/h3-5,10,12H,6-9,11H2,1-2H3. The number of benzene rings is 1. The van der Waals surface area contributed by atoms with E-state index in [1.165, 1.54) is 12.1 Å². The molecule has 0 aliphatic carbocycles. The van der Waals surface area contributed by atoms with Gasteiger partial charge in [-0.15, -0.1) is 0 Å². The molecule has 0 unspecified atom stereocenters. The van der Waals surface area contributed by atoms with Gasteiger partial charge < -0.3 is 4.90 Å². The molecule has 1 amide bonds. The first-order chi connectivity index (χ1) is 9.06. The molecule has 19 heavy (non-hydrogen) atoms. The minimum atomic E-state index is -0.357. The van der Waals surface area contributed by atoms with E-state index in [0.717, 1.165) is 32.7 Å². The third-order valence-electron chi connectivity index (χ3n) is 3.35. The third kappa shape index (κ3) is 3.77. The Kier molecular flexibility index (Phi) is 4.53. The van der Waals surface area contributed by atoms with Gasteiger partial charge in [0.15, 0.2) is 0 Å². The average Bonchev–Trinajstić information content (AvgIpc) is 2.38. The lowest BCUT2D eigenvalue weighted by atomic mass is 10.1. The fourth-order valence-corrected chi connectivity index (χ4v) is 2.45. The summed E-state index contributed by atoms with van der Waals surface area (Å²) in [6.07, 6.45) is 0. The van der Waals surface area contributed by atoms with Gasteiger partial charge >= 0.3 is 0 Å². The number of nitrogens with zero attached hydrogens (tertiary/aromatic N) is 2. The highest BCUT2D eigenvalue weighted by Gasteiger charge is 2.22. The van der Waals surface area contributed by atoms with E-state index in [-0.39, 0.29) is 11.7 Å². The zero-order chi connectivity index (χ0) is 13.8. The van der Waals surface area contributed by atoms with E-state index in [1.807, 2.05) is 4.90 Å². The van der Waals surface area contributed by atoms with Crippen LogP contribution in [0.15, 0.2) is 24.3 Å². The van der Waals surface area contributed by atoms with Crippen molar-refractivity contribution < 1.29 is 9.18 Å². The molecule has 1 aromatic carbocycles. The van der Waals surface area contributed by atoms with Crippen LogP contribution in [-0.4, -0.2) is 48.4 Å². The lowest BCUT2D eigenvalue weighted by molar-refractivity contribution is 0.0623. The molecule has 1 aliphatic rings. The zero-order valence-electron chi connectivity index (χ0n) is 11.6. The van der Waals surface area contributed by atoms with Crippen LogP contribution in [0, 0.1) is 11.7 Å². The fourth-order valence-electron chi connectivity index (χ4n) is 2.45. The number of carbonyl (C=O) groups excluding carboxylic acids is 1. The van der Waals surface area contributed by atoms with Gasteiger partial charge in [-0.3, -0.25) is 9.69 Å². The van der Waals surface area contributed by atoms with Crippen LogP contribution in [0.3, 0.4) is 0 Å². The Balaban J connectivity index is 1.92. The summed E-state index contributed by atoms with van der Waals surface area (Å²) in [5.74, 6) is 0.221. The first kappa shape index (κ1) is 14.0. The number of amides is 1. The molecule has 0 radical (unpaired) electrons. The van der Waals surface area contributed by atoms with E-state index in [9.17, 15) is 9.18 Å². The van der Waals surface area contributed by atoms with Crippen molar-refractivity contribution in [3.63, 3.8) is 0 Å². The molecule has 1 fully saturated rings. The zero-order valence-corrected chi connectivity index (χ0v) is 11.6. The second-order valence-electron chi connectivity index (χ2n) is 5.50. The summed E-state index contributed by atoms with van der Waals surface area (Å²) in [5, 5.41) is 0. The lowest BCUT2D eigenvalue weighted by Crippen LogP contribution is -2.49. The first-order valence-corrected chi connectivity index (χ1v) is 6.83. The number of piperazine rings is 1. The fraction of sp³-hybridized carbons (Fsp3) is 0.533. The second kappa shape index (κ2) is 6.15. The minimum absolute atomic E-state index is 0.0660. The van der Waals surface area contributed by atoms with Gasteiger partial charge in [0.1, 0.15) is 5.82 Å². The van der Waals surface area contributed by atoms with E-state index in [0.29, 0.717) is 11.5 Å². The van der Waals surface area contributed by atoms with Gasteiger partial charge in [0, 0.05) is 38.3 Å². The number of hydrogen-bond acceptors (Lipinski definition) is 2. The molecule has 0 saturated carbocycles. The first-order valence-electron chi connectivity index (χ1n) is 6.83. The van der Waals surface area contributed by atoms with Crippen molar-refractivity contribution in [2.75, 3.05) is 32.7 Å². The highest BCUT2D eigenvalue weighted by atomic mass is 19.1. The Morgan fingerprint density at radius 1 is 1.26 bits per heavy atom. The Labute approximate surface area is 114 Å². The molecule has 1 heterocycles. The average molecular weight is 264 g/mol. The van der Waals surface area contributed by atoms with Crippen molar-refractivity contribution >= 4 is 5.91 Å². The lowest BCUT2D eigenvalue weighted by Gasteiger charge is -2.35. The maximum Gasteiger partial charge on any atom is 0.254 e. The van der Waals surface area contributed by atoms with Gasteiger partial charge in [0.25, 0.3) is 5.91 Å². The van der Waals surface area contributed by atoms with Crippen LogP contribution in [0.5, 0.6) is 0 Å². The molecule has 0 atom stereocenters. The second-order valence-corrected chi connectivity index (χ2v) is 5.50. The SMILES string of the molecule is CC(C)CN1CCN(C(=O)c2cccc(F)c2)CC1. The Bertz CT molecular complexity index is 440. The summed E-state index contributed by atoms with van der Waals surface area (Å²) in [5.41, 5.74) is 0.442. The van der Waals surface area contributed by atoms with Crippen molar-refractivity contribution in [3.05, 3.63) is 35.6 Å². The maximum absolute atomic E-state index is 13.1. The number of carbonyl (C=O) groups is 1. The predicted molar refractivity (Wildman–Crippen MR) is 73.6 cm³/mol. The molecule has 3 nitrogen and oxygen atoms in total. The molecule has 2 rings (SSSR count). The van der Waals surface area contributed by atoms with Gasteiger partial charge in [0.2, 0.25) is 0 Å². The smallest absolute Gasteiger partial charge is 0.254 e. The van der Waals surface area contributed by atoms with Crippen LogP contribution < -0.4 is 0 Å². The summed E-state index contributed by atoms with van der Waals surface area (Å²) in [6, 6.07) is 5.92. The Morgan fingerprint density at radius 2 is 1.95 bits per heavy atom. The molecule has 1 aliphatic heterocycles. The van der Waals surface area contributed by atoms with Crippen LogP contribution in [0.2, 0.25) is 0 Å². The maximum atomic E-state index is 13.1. The van der Waals surface area contributed by atoms with Gasteiger partial charge in [-0.2, -0.15) is 0 Å². The number of halogens is 1. The van der Waals surface area contributed by atoms with Gasteiger partial charge in [-0.05, 0) is 24.1 Å². The molecule has 0 bridgehead atoms. The van der Waals surface area contributed by atoms with Crippen LogP contribution in [0.1, 0.15) is 24.2 Å². The predicted octanol–water partition coefficient (Wildman–Crippen LogP) is 2.24. The highest BCUT2D eigenvalue weighted by molar-refractivity contribution is 5.94. The molecule has 4 heteroatoms. The normalized spacial score (nSPS) is 16.9. The van der Waals surface area contributed by atoms with Crippen LogP contribution in [-0.2, 0) is 0 Å². The van der Waals surface area contributed by atoms with Crippen LogP contribution >= 0.6 is 0 Å². The number of hydrogen-bond donors (Lipinski definition) is 0. The summed E-state index contributed by atoms with van der Waals surface area (Å²) < 4.78 is 13.1. The number of rotatable bonds is 3. The summed E-state index contributed by atoms with van der Waals surface area (Å²) in [4.78, 5) is 16.4. The van der Waals surface area contributed by atoms with Gasteiger partial charge in [-0.1, -0.05) is 19.9 Å². The highest BCUT2D eigenvalue weighted by Crippen LogP contribution is 2.11. The summed E-state index contributed by atoms with van der Waals surface area (Å²) in [6.45, 7) is 8.72. The van der Waals surface area contributed by atoms with E-state index in [2.05, 4.69) is 18.7 Å². The largest absolute Gasteiger partial charge is 0.336 e. The third-order valence-corrected chi connectivity index (χ3v) is 3.35. The van der Waals surface area contributed by atoms with E-state index in [1.54, 1.807) is 12.1 Å². The van der Waals surface area contributed by atoms with E-state index >= 15 is 0 Å². The van der Waals surface area contributed by atoms with Crippen molar-refractivity contribution in [2.45, 2.75) is 13.8 Å². The Morgan fingerprint density at radius 3 is 2.53 bits per heavy atom. The molecule has 1 aromatic rings. The monoisotopic (exact) mass is 264 g/mol. The van der Waals surface area contributed by atoms with Crippen molar-refractivity contribution in [1.82, 2.24) is 9.80 Å². The van der Waals surface area contributed by atoms with Gasteiger partial charge in [-0.25, -0.2) is 4.39 Å². The molecular weight excluding hydrogens is 243 g/mol. The molecule has 0 spiro atoms. The van der Waals surface area contributed by atoms with Crippen molar-refractivity contribution in [2.24, 2.45) is 5.92 Å². The van der Waals surface area contributed by atoms with E-state index < -0.39 is 0 Å². The molecule has 104 valence electrons.